The summed E-state index contributed by atoms with van der Waals surface area (Å²) in [4.78, 5) is 16.9. The first kappa shape index (κ1) is 19.6. The summed E-state index contributed by atoms with van der Waals surface area (Å²) in [7, 11) is 0. The van der Waals surface area contributed by atoms with Crippen LogP contribution >= 0.6 is 0 Å². The van der Waals surface area contributed by atoms with Gasteiger partial charge in [-0.1, -0.05) is 30.3 Å². The molecule has 2 aromatic rings. The van der Waals surface area contributed by atoms with Crippen molar-refractivity contribution >= 4 is 5.91 Å². The van der Waals surface area contributed by atoms with Gasteiger partial charge in [0.15, 0.2) is 0 Å². The third-order valence-corrected chi connectivity index (χ3v) is 6.18. The second-order valence-corrected chi connectivity index (χ2v) is 7.86. The molecule has 0 aliphatic carbocycles. The summed E-state index contributed by atoms with van der Waals surface area (Å²) in [5, 5.41) is 20.6. The molecule has 2 heterocycles. The van der Waals surface area contributed by atoms with Crippen molar-refractivity contribution in [3.8, 4) is 6.07 Å². The normalized spacial score (nSPS) is 25.0. The number of aliphatic hydroxyl groups is 1. The first-order chi connectivity index (χ1) is 14.0. The quantitative estimate of drug-likeness (QED) is 0.871. The van der Waals surface area contributed by atoms with Crippen molar-refractivity contribution in [2.24, 2.45) is 0 Å². The van der Waals surface area contributed by atoms with E-state index in [-0.39, 0.29) is 17.2 Å². The van der Waals surface area contributed by atoms with E-state index < -0.39 is 17.3 Å². The number of likely N-dealkylation sites (tertiary alicyclic amines) is 2. The van der Waals surface area contributed by atoms with Gasteiger partial charge in [-0.15, -0.1) is 0 Å². The minimum Gasteiger partial charge on any atom is -0.383 e. The Bertz CT molecular complexity index is 937. The van der Waals surface area contributed by atoms with E-state index in [1.54, 1.807) is 4.90 Å². The molecule has 0 radical (unpaired) electrons. The van der Waals surface area contributed by atoms with E-state index in [2.05, 4.69) is 4.90 Å². The standard InChI is InChI=1S/C23H24FN3O2/c24-20-14-17(15-25)8-9-19(20)22(28)27-13-10-23(29,18-6-2-1-3-7-18)21(16-27)26-11-4-5-12-26/h1-3,6-9,14,21,29H,4-5,10-13,16H2/t21-,23+/m1/s1. The van der Waals surface area contributed by atoms with Gasteiger partial charge in [-0.05, 0) is 56.1 Å². The molecule has 2 aliphatic rings. The van der Waals surface area contributed by atoms with Crippen LogP contribution < -0.4 is 0 Å². The molecule has 4 rings (SSSR count). The molecule has 5 nitrogen and oxygen atoms in total. The molecule has 0 saturated carbocycles. The Kier molecular flexibility index (Phi) is 5.35. The lowest BCUT2D eigenvalue weighted by atomic mass is 9.79. The zero-order valence-corrected chi connectivity index (χ0v) is 16.2. The summed E-state index contributed by atoms with van der Waals surface area (Å²) >= 11 is 0. The number of benzene rings is 2. The molecule has 0 bridgehead atoms. The summed E-state index contributed by atoms with van der Waals surface area (Å²) in [6, 6.07) is 15.2. The number of nitrogens with zero attached hydrogens (tertiary/aromatic N) is 3. The van der Waals surface area contributed by atoms with Crippen LogP contribution in [0.4, 0.5) is 4.39 Å². The van der Waals surface area contributed by atoms with Crippen LogP contribution in [-0.4, -0.2) is 53.0 Å². The molecular weight excluding hydrogens is 369 g/mol. The minimum absolute atomic E-state index is 0.0330. The highest BCUT2D eigenvalue weighted by Gasteiger charge is 2.47. The average molecular weight is 393 g/mol. The van der Waals surface area contributed by atoms with E-state index in [0.29, 0.717) is 19.5 Å². The van der Waals surface area contributed by atoms with Crippen molar-refractivity contribution in [3.05, 3.63) is 71.0 Å². The number of nitriles is 1. The average Bonchev–Trinajstić information content (AvgIpc) is 3.28. The van der Waals surface area contributed by atoms with Gasteiger partial charge in [-0.3, -0.25) is 9.69 Å². The maximum absolute atomic E-state index is 14.4. The van der Waals surface area contributed by atoms with Gasteiger partial charge in [0.25, 0.3) is 5.91 Å². The van der Waals surface area contributed by atoms with Gasteiger partial charge in [-0.25, -0.2) is 4.39 Å². The molecule has 0 unspecified atom stereocenters. The van der Waals surface area contributed by atoms with Crippen molar-refractivity contribution < 1.29 is 14.3 Å². The summed E-state index contributed by atoms with van der Waals surface area (Å²) in [5.74, 6) is -1.08. The summed E-state index contributed by atoms with van der Waals surface area (Å²) < 4.78 is 14.4. The van der Waals surface area contributed by atoms with Crippen molar-refractivity contribution in [1.29, 1.82) is 5.26 Å². The highest BCUT2D eigenvalue weighted by Crippen LogP contribution is 2.37. The van der Waals surface area contributed by atoms with E-state index in [9.17, 15) is 14.3 Å². The number of amides is 1. The van der Waals surface area contributed by atoms with Gasteiger partial charge in [0.1, 0.15) is 11.4 Å². The van der Waals surface area contributed by atoms with E-state index in [1.165, 1.54) is 12.1 Å². The maximum atomic E-state index is 14.4. The molecule has 150 valence electrons. The molecule has 29 heavy (non-hydrogen) atoms. The molecule has 0 aromatic heterocycles. The zero-order valence-electron chi connectivity index (χ0n) is 16.2. The fourth-order valence-electron chi connectivity index (χ4n) is 4.57. The van der Waals surface area contributed by atoms with Gasteiger partial charge in [0, 0.05) is 13.1 Å². The van der Waals surface area contributed by atoms with Crippen LogP contribution in [0.1, 0.15) is 40.7 Å². The summed E-state index contributed by atoms with van der Waals surface area (Å²) in [6.45, 7) is 2.44. The lowest BCUT2D eigenvalue weighted by Crippen LogP contribution is -2.61. The molecule has 0 spiro atoms. The Hall–Kier alpha value is -2.75. The SMILES string of the molecule is N#Cc1ccc(C(=O)N2CC[C@](O)(c3ccccc3)[C@H](N3CCCC3)C2)c(F)c1. The van der Waals surface area contributed by atoms with Gasteiger partial charge >= 0.3 is 0 Å². The van der Waals surface area contributed by atoms with Crippen LogP contribution in [0.2, 0.25) is 0 Å². The molecule has 2 aliphatic heterocycles. The van der Waals surface area contributed by atoms with Crippen molar-refractivity contribution in [1.82, 2.24) is 9.80 Å². The lowest BCUT2D eigenvalue weighted by Gasteiger charge is -2.48. The van der Waals surface area contributed by atoms with E-state index in [0.717, 1.165) is 37.6 Å². The van der Waals surface area contributed by atoms with E-state index >= 15 is 0 Å². The Morgan fingerprint density at radius 1 is 1.14 bits per heavy atom. The van der Waals surface area contributed by atoms with Crippen LogP contribution in [0.15, 0.2) is 48.5 Å². The number of carbonyl (C=O) groups is 1. The fraction of sp³-hybridized carbons (Fsp3) is 0.391. The number of carbonyl (C=O) groups excluding carboxylic acids is 1. The summed E-state index contributed by atoms with van der Waals surface area (Å²) in [5.41, 5.74) is -0.0417. The van der Waals surface area contributed by atoms with Crippen molar-refractivity contribution in [3.63, 3.8) is 0 Å². The molecule has 2 saturated heterocycles. The first-order valence-corrected chi connectivity index (χ1v) is 10.0. The van der Waals surface area contributed by atoms with Crippen LogP contribution in [-0.2, 0) is 5.60 Å². The van der Waals surface area contributed by atoms with Gasteiger partial charge < -0.3 is 10.0 Å². The summed E-state index contributed by atoms with van der Waals surface area (Å²) in [6.07, 6.45) is 2.53. The second-order valence-electron chi connectivity index (χ2n) is 7.86. The van der Waals surface area contributed by atoms with Gasteiger partial charge in [-0.2, -0.15) is 5.26 Å². The monoisotopic (exact) mass is 393 g/mol. The Labute approximate surface area is 170 Å². The topological polar surface area (TPSA) is 67.6 Å². The second kappa shape index (κ2) is 7.94. The first-order valence-electron chi connectivity index (χ1n) is 10.0. The van der Waals surface area contributed by atoms with Gasteiger partial charge in [0.05, 0.1) is 23.2 Å². The number of rotatable bonds is 3. The number of halogens is 1. The van der Waals surface area contributed by atoms with Crippen LogP contribution in [0.3, 0.4) is 0 Å². The minimum atomic E-state index is -1.05. The largest absolute Gasteiger partial charge is 0.383 e. The van der Waals surface area contributed by atoms with Crippen LogP contribution in [0.5, 0.6) is 0 Å². The highest BCUT2D eigenvalue weighted by molar-refractivity contribution is 5.94. The molecule has 1 N–H and O–H groups in total. The Morgan fingerprint density at radius 2 is 1.86 bits per heavy atom. The van der Waals surface area contributed by atoms with Gasteiger partial charge in [0.2, 0.25) is 0 Å². The fourth-order valence-corrected chi connectivity index (χ4v) is 4.57. The predicted molar refractivity (Wildman–Crippen MR) is 107 cm³/mol. The van der Waals surface area contributed by atoms with E-state index in [1.807, 2.05) is 36.4 Å². The third kappa shape index (κ3) is 3.64. The molecule has 2 fully saturated rings. The zero-order chi connectivity index (χ0) is 20.4. The van der Waals surface area contributed by atoms with E-state index in [4.69, 9.17) is 5.26 Å². The number of hydrogen-bond donors (Lipinski definition) is 1. The molecule has 6 heteroatoms. The van der Waals surface area contributed by atoms with Crippen LogP contribution in [0, 0.1) is 17.1 Å². The number of piperidine rings is 1. The third-order valence-electron chi connectivity index (χ3n) is 6.18. The predicted octanol–water partition coefficient (Wildman–Crippen LogP) is 2.90. The van der Waals surface area contributed by atoms with Crippen molar-refractivity contribution in [2.45, 2.75) is 30.9 Å². The lowest BCUT2D eigenvalue weighted by molar-refractivity contribution is -0.0878. The Balaban J connectivity index is 1.62. The van der Waals surface area contributed by atoms with Crippen molar-refractivity contribution in [2.75, 3.05) is 26.2 Å². The molecular formula is C23H24FN3O2. The molecule has 2 aromatic carbocycles. The maximum Gasteiger partial charge on any atom is 0.256 e. The van der Waals surface area contributed by atoms with Crippen LogP contribution in [0.25, 0.3) is 0 Å². The number of hydrogen-bond acceptors (Lipinski definition) is 4. The smallest absolute Gasteiger partial charge is 0.256 e. The molecule has 2 atom stereocenters. The molecule has 1 amide bonds. The Morgan fingerprint density at radius 3 is 2.52 bits per heavy atom. The highest BCUT2D eigenvalue weighted by atomic mass is 19.1.